The highest BCUT2D eigenvalue weighted by Gasteiger charge is 2.15. The summed E-state index contributed by atoms with van der Waals surface area (Å²) >= 11 is 5.90. The fraction of sp³-hybridized carbons (Fsp3) is 0.385. The molecular weight excluding hydrogens is 208 g/mol. The highest BCUT2D eigenvalue weighted by Crippen LogP contribution is 2.30. The van der Waals surface area contributed by atoms with Gasteiger partial charge in [0.2, 0.25) is 0 Å². The molecule has 80 valence electrons. The minimum Gasteiger partial charge on any atom is -0.384 e. The van der Waals surface area contributed by atoms with Crippen molar-refractivity contribution in [3.63, 3.8) is 0 Å². The Morgan fingerprint density at radius 2 is 2.13 bits per heavy atom. The highest BCUT2D eigenvalue weighted by molar-refractivity contribution is 6.30. The van der Waals surface area contributed by atoms with E-state index in [9.17, 15) is 5.11 Å². The lowest BCUT2D eigenvalue weighted by atomic mass is 9.92. The molecule has 0 radical (unpaired) electrons. The highest BCUT2D eigenvalue weighted by atomic mass is 35.5. The molecule has 2 rings (SSSR count). The summed E-state index contributed by atoms with van der Waals surface area (Å²) in [5.41, 5.74) is 2.04. The minimum absolute atomic E-state index is 0.469. The summed E-state index contributed by atoms with van der Waals surface area (Å²) in [5, 5.41) is 10.8. The first-order valence-electron chi connectivity index (χ1n) is 5.40. The van der Waals surface area contributed by atoms with Gasteiger partial charge in [-0.3, -0.25) is 0 Å². The van der Waals surface area contributed by atoms with Gasteiger partial charge in [-0.25, -0.2) is 0 Å². The largest absolute Gasteiger partial charge is 0.384 e. The van der Waals surface area contributed by atoms with E-state index in [4.69, 9.17) is 11.6 Å². The van der Waals surface area contributed by atoms with Crippen molar-refractivity contribution in [2.75, 3.05) is 0 Å². The summed E-state index contributed by atoms with van der Waals surface area (Å²) in [6.45, 7) is 0. The molecule has 1 atom stereocenters. The second-order valence-corrected chi connectivity index (χ2v) is 4.42. The molecule has 0 saturated heterocycles. The molecule has 1 aromatic carbocycles. The van der Waals surface area contributed by atoms with Crippen LogP contribution in [0.2, 0.25) is 5.02 Å². The van der Waals surface area contributed by atoms with E-state index in [1.54, 1.807) is 0 Å². The molecule has 2 heteroatoms. The number of benzene rings is 1. The van der Waals surface area contributed by atoms with Crippen molar-refractivity contribution in [3.8, 4) is 0 Å². The SMILES string of the molecule is OC(C1=CCCCC1)c1cccc(Cl)c1. The van der Waals surface area contributed by atoms with Crippen molar-refractivity contribution < 1.29 is 5.11 Å². The van der Waals surface area contributed by atoms with Gasteiger partial charge in [0.25, 0.3) is 0 Å². The van der Waals surface area contributed by atoms with Crippen molar-refractivity contribution in [2.45, 2.75) is 31.8 Å². The molecule has 0 saturated carbocycles. The van der Waals surface area contributed by atoms with Crippen molar-refractivity contribution in [2.24, 2.45) is 0 Å². The van der Waals surface area contributed by atoms with Crippen LogP contribution in [0.1, 0.15) is 37.4 Å². The lowest BCUT2D eigenvalue weighted by molar-refractivity contribution is 0.208. The summed E-state index contributed by atoms with van der Waals surface area (Å²) in [6, 6.07) is 7.46. The average molecular weight is 223 g/mol. The van der Waals surface area contributed by atoms with Crippen LogP contribution in [0, 0.1) is 0 Å². The number of hydrogen-bond donors (Lipinski definition) is 1. The Morgan fingerprint density at radius 3 is 2.80 bits per heavy atom. The van der Waals surface area contributed by atoms with Gasteiger partial charge in [-0.2, -0.15) is 0 Å². The third-order valence-corrected chi connectivity index (χ3v) is 3.08. The van der Waals surface area contributed by atoms with Crippen LogP contribution in [0.15, 0.2) is 35.9 Å². The quantitative estimate of drug-likeness (QED) is 0.754. The number of rotatable bonds is 2. The third-order valence-electron chi connectivity index (χ3n) is 2.84. The summed E-state index contributed by atoms with van der Waals surface area (Å²) in [6.07, 6.45) is 6.22. The first kappa shape index (κ1) is 10.7. The van der Waals surface area contributed by atoms with Gasteiger partial charge in [-0.15, -0.1) is 0 Å². The van der Waals surface area contributed by atoms with Gasteiger partial charge >= 0.3 is 0 Å². The average Bonchev–Trinajstić information content (AvgIpc) is 2.29. The first-order chi connectivity index (χ1) is 7.27. The molecule has 0 aromatic heterocycles. The molecule has 15 heavy (non-hydrogen) atoms. The summed E-state index contributed by atoms with van der Waals surface area (Å²) < 4.78 is 0. The molecule has 0 fully saturated rings. The Bertz CT molecular complexity index is 371. The maximum Gasteiger partial charge on any atom is 0.100 e. The zero-order valence-corrected chi connectivity index (χ0v) is 9.37. The maximum atomic E-state index is 10.1. The predicted octanol–water partition coefficient (Wildman–Crippen LogP) is 3.87. The molecule has 1 aliphatic rings. The zero-order valence-electron chi connectivity index (χ0n) is 8.62. The summed E-state index contributed by atoms with van der Waals surface area (Å²) in [7, 11) is 0. The number of halogens is 1. The smallest absolute Gasteiger partial charge is 0.100 e. The normalized spacial score (nSPS) is 18.4. The van der Waals surface area contributed by atoms with E-state index in [1.807, 2.05) is 24.3 Å². The molecular formula is C13H15ClO. The van der Waals surface area contributed by atoms with E-state index in [-0.39, 0.29) is 0 Å². The molecule has 1 N–H and O–H groups in total. The minimum atomic E-state index is -0.469. The van der Waals surface area contributed by atoms with Crippen molar-refractivity contribution >= 4 is 11.6 Å². The maximum absolute atomic E-state index is 10.1. The van der Waals surface area contributed by atoms with Gasteiger partial charge in [-0.1, -0.05) is 29.8 Å². The van der Waals surface area contributed by atoms with E-state index in [0.717, 1.165) is 24.0 Å². The van der Waals surface area contributed by atoms with Crippen LogP contribution in [-0.4, -0.2) is 5.11 Å². The Morgan fingerprint density at radius 1 is 1.27 bits per heavy atom. The standard InChI is InChI=1S/C13H15ClO/c14-12-8-4-7-11(9-12)13(15)10-5-2-1-3-6-10/h4-5,7-9,13,15H,1-3,6H2. The summed E-state index contributed by atoms with van der Waals surface area (Å²) in [4.78, 5) is 0. The lowest BCUT2D eigenvalue weighted by Gasteiger charge is -2.19. The van der Waals surface area contributed by atoms with Gasteiger partial charge in [0.05, 0.1) is 0 Å². The van der Waals surface area contributed by atoms with E-state index < -0.39 is 6.10 Å². The molecule has 1 aromatic rings. The van der Waals surface area contributed by atoms with Crippen LogP contribution in [0.4, 0.5) is 0 Å². The molecule has 1 aliphatic carbocycles. The van der Waals surface area contributed by atoms with Gasteiger partial charge in [0.1, 0.15) is 6.10 Å². The molecule has 0 bridgehead atoms. The predicted molar refractivity (Wildman–Crippen MR) is 63.0 cm³/mol. The summed E-state index contributed by atoms with van der Waals surface area (Å²) in [5.74, 6) is 0. The first-order valence-corrected chi connectivity index (χ1v) is 5.77. The van der Waals surface area contributed by atoms with Gasteiger partial charge in [0.15, 0.2) is 0 Å². The fourth-order valence-electron chi connectivity index (χ4n) is 2.00. The number of hydrogen-bond acceptors (Lipinski definition) is 1. The molecule has 1 nitrogen and oxygen atoms in total. The van der Waals surface area contributed by atoms with Gasteiger partial charge in [0, 0.05) is 5.02 Å². The van der Waals surface area contributed by atoms with Crippen LogP contribution in [-0.2, 0) is 0 Å². The van der Waals surface area contributed by atoms with Crippen LogP contribution in [0.25, 0.3) is 0 Å². The van der Waals surface area contributed by atoms with Gasteiger partial charge in [-0.05, 0) is 49.0 Å². The van der Waals surface area contributed by atoms with Crippen molar-refractivity contribution in [1.82, 2.24) is 0 Å². The Hall–Kier alpha value is -0.790. The monoisotopic (exact) mass is 222 g/mol. The fourth-order valence-corrected chi connectivity index (χ4v) is 2.20. The van der Waals surface area contributed by atoms with Crippen LogP contribution >= 0.6 is 11.6 Å². The van der Waals surface area contributed by atoms with E-state index in [2.05, 4.69) is 6.08 Å². The number of aliphatic hydroxyl groups is 1. The Kier molecular flexibility index (Phi) is 3.45. The van der Waals surface area contributed by atoms with Crippen LogP contribution in [0.3, 0.4) is 0 Å². The number of allylic oxidation sites excluding steroid dienone is 1. The van der Waals surface area contributed by atoms with Crippen molar-refractivity contribution in [1.29, 1.82) is 0 Å². The number of aliphatic hydroxyl groups excluding tert-OH is 1. The Labute approximate surface area is 95.4 Å². The lowest BCUT2D eigenvalue weighted by Crippen LogP contribution is -2.04. The second-order valence-electron chi connectivity index (χ2n) is 3.98. The van der Waals surface area contributed by atoms with Crippen molar-refractivity contribution in [3.05, 3.63) is 46.5 Å². The van der Waals surface area contributed by atoms with E-state index >= 15 is 0 Å². The second kappa shape index (κ2) is 4.82. The van der Waals surface area contributed by atoms with E-state index in [0.29, 0.717) is 5.02 Å². The van der Waals surface area contributed by atoms with Crippen LogP contribution in [0.5, 0.6) is 0 Å². The molecule has 0 amide bonds. The Balaban J connectivity index is 2.19. The molecule has 0 spiro atoms. The molecule has 1 unspecified atom stereocenters. The molecule has 0 heterocycles. The zero-order chi connectivity index (χ0) is 10.7. The van der Waals surface area contributed by atoms with E-state index in [1.165, 1.54) is 12.8 Å². The van der Waals surface area contributed by atoms with Gasteiger partial charge < -0.3 is 5.11 Å². The topological polar surface area (TPSA) is 20.2 Å². The van der Waals surface area contributed by atoms with Crippen LogP contribution < -0.4 is 0 Å². The third kappa shape index (κ3) is 2.61. The molecule has 0 aliphatic heterocycles.